The minimum Gasteiger partial charge on any atom is -0.310 e. The molecule has 2 unspecified atom stereocenters. The predicted octanol–water partition coefficient (Wildman–Crippen LogP) is 5.08. The molecule has 0 heterocycles. The van der Waals surface area contributed by atoms with Crippen LogP contribution in [0, 0.1) is 11.8 Å². The van der Waals surface area contributed by atoms with Crippen molar-refractivity contribution in [2.75, 3.05) is 6.54 Å². The van der Waals surface area contributed by atoms with Crippen molar-refractivity contribution in [2.24, 2.45) is 11.8 Å². The van der Waals surface area contributed by atoms with Crippen LogP contribution in [-0.2, 0) is 0 Å². The van der Waals surface area contributed by atoms with Gasteiger partial charge in [-0.3, -0.25) is 0 Å². The van der Waals surface area contributed by atoms with Crippen LogP contribution >= 0.6 is 23.2 Å². The summed E-state index contributed by atoms with van der Waals surface area (Å²) in [7, 11) is 0. The Kier molecular flexibility index (Phi) is 4.94. The molecule has 1 N–H and O–H groups in total. The zero-order chi connectivity index (χ0) is 13.1. The number of benzene rings is 1. The summed E-state index contributed by atoms with van der Waals surface area (Å²) in [6, 6.07) is 6.30. The summed E-state index contributed by atoms with van der Waals surface area (Å²) in [5.74, 6) is 1.73. The van der Waals surface area contributed by atoms with Gasteiger partial charge >= 0.3 is 0 Å². The number of hydrogen-bond acceptors (Lipinski definition) is 1. The maximum Gasteiger partial charge on any atom is 0.0595 e. The van der Waals surface area contributed by atoms with Gasteiger partial charge in [0, 0.05) is 6.04 Å². The van der Waals surface area contributed by atoms with Crippen molar-refractivity contribution in [3.8, 4) is 0 Å². The van der Waals surface area contributed by atoms with Crippen molar-refractivity contribution in [3.05, 3.63) is 33.8 Å². The first-order chi connectivity index (χ1) is 8.61. The highest BCUT2D eigenvalue weighted by molar-refractivity contribution is 6.42. The molecular formula is C15H21Cl2N. The van der Waals surface area contributed by atoms with Crippen molar-refractivity contribution >= 4 is 23.2 Å². The Bertz CT molecular complexity index is 401. The smallest absolute Gasteiger partial charge is 0.0595 e. The predicted molar refractivity (Wildman–Crippen MR) is 79.4 cm³/mol. The molecule has 0 bridgehead atoms. The van der Waals surface area contributed by atoms with E-state index in [-0.39, 0.29) is 0 Å². The summed E-state index contributed by atoms with van der Waals surface area (Å²) in [6.07, 6.45) is 3.88. The SMILES string of the molecule is CCC(NCC(C)C1CC1)c1ccc(Cl)c(Cl)c1. The molecule has 0 amide bonds. The van der Waals surface area contributed by atoms with Crippen molar-refractivity contribution in [2.45, 2.75) is 39.2 Å². The highest BCUT2D eigenvalue weighted by Gasteiger charge is 2.27. The molecule has 0 saturated heterocycles. The molecule has 0 radical (unpaired) electrons. The summed E-state index contributed by atoms with van der Waals surface area (Å²) >= 11 is 12.0. The zero-order valence-electron chi connectivity index (χ0n) is 11.0. The van der Waals surface area contributed by atoms with Gasteiger partial charge < -0.3 is 5.32 Å². The minimum atomic E-state index is 0.376. The molecule has 1 fully saturated rings. The second-order valence-electron chi connectivity index (χ2n) is 5.36. The third kappa shape index (κ3) is 3.63. The van der Waals surface area contributed by atoms with E-state index in [1.807, 2.05) is 12.1 Å². The topological polar surface area (TPSA) is 12.0 Å². The lowest BCUT2D eigenvalue weighted by atomic mass is 10.0. The number of hydrogen-bond donors (Lipinski definition) is 1. The number of rotatable bonds is 6. The average Bonchev–Trinajstić information content (AvgIpc) is 3.18. The van der Waals surface area contributed by atoms with E-state index >= 15 is 0 Å². The van der Waals surface area contributed by atoms with Crippen LogP contribution in [0.4, 0.5) is 0 Å². The lowest BCUT2D eigenvalue weighted by Crippen LogP contribution is -2.26. The van der Waals surface area contributed by atoms with Crippen LogP contribution in [0.1, 0.15) is 44.7 Å². The van der Waals surface area contributed by atoms with Gasteiger partial charge in [0.2, 0.25) is 0 Å². The van der Waals surface area contributed by atoms with E-state index in [0.29, 0.717) is 16.1 Å². The molecule has 1 aromatic rings. The monoisotopic (exact) mass is 285 g/mol. The van der Waals surface area contributed by atoms with Crippen LogP contribution in [-0.4, -0.2) is 6.54 Å². The van der Waals surface area contributed by atoms with E-state index in [1.54, 1.807) is 0 Å². The third-order valence-electron chi connectivity index (χ3n) is 3.87. The highest BCUT2D eigenvalue weighted by Crippen LogP contribution is 2.36. The third-order valence-corrected chi connectivity index (χ3v) is 4.61. The molecule has 18 heavy (non-hydrogen) atoms. The first-order valence-corrected chi connectivity index (χ1v) is 7.55. The lowest BCUT2D eigenvalue weighted by Gasteiger charge is -2.20. The average molecular weight is 286 g/mol. The summed E-state index contributed by atoms with van der Waals surface area (Å²) in [6.45, 7) is 5.62. The zero-order valence-corrected chi connectivity index (χ0v) is 12.6. The molecule has 3 heteroatoms. The van der Waals surface area contributed by atoms with Gasteiger partial charge in [0.05, 0.1) is 10.0 Å². The fourth-order valence-corrected chi connectivity index (χ4v) is 2.69. The number of nitrogens with one attached hydrogen (secondary N) is 1. The van der Waals surface area contributed by atoms with Crippen LogP contribution in [0.2, 0.25) is 10.0 Å². The molecule has 0 spiro atoms. The van der Waals surface area contributed by atoms with E-state index in [9.17, 15) is 0 Å². The number of halogens is 2. The van der Waals surface area contributed by atoms with Gasteiger partial charge in [0.1, 0.15) is 0 Å². The summed E-state index contributed by atoms with van der Waals surface area (Å²) in [4.78, 5) is 0. The Balaban J connectivity index is 1.96. The fourth-order valence-electron chi connectivity index (χ4n) is 2.39. The first-order valence-electron chi connectivity index (χ1n) is 6.80. The molecule has 0 aromatic heterocycles. The molecule has 100 valence electrons. The van der Waals surface area contributed by atoms with Gasteiger partial charge in [0.15, 0.2) is 0 Å². The normalized spacial score (nSPS) is 18.7. The molecule has 1 aliphatic rings. The molecule has 2 rings (SSSR count). The van der Waals surface area contributed by atoms with Crippen molar-refractivity contribution < 1.29 is 0 Å². The Hall–Kier alpha value is -0.240. The van der Waals surface area contributed by atoms with Gasteiger partial charge in [-0.25, -0.2) is 0 Å². The molecule has 1 saturated carbocycles. The van der Waals surface area contributed by atoms with Crippen LogP contribution in [0.15, 0.2) is 18.2 Å². The molecule has 1 nitrogen and oxygen atoms in total. The van der Waals surface area contributed by atoms with Crippen molar-refractivity contribution in [1.29, 1.82) is 0 Å². The largest absolute Gasteiger partial charge is 0.310 e. The summed E-state index contributed by atoms with van der Waals surface area (Å²) < 4.78 is 0. The standard InChI is InChI=1S/C15H21Cl2N/c1-3-15(18-9-10(2)11-4-5-11)12-6-7-13(16)14(17)8-12/h6-8,10-11,15,18H,3-5,9H2,1-2H3. The second-order valence-corrected chi connectivity index (χ2v) is 6.17. The second kappa shape index (κ2) is 6.27. The van der Waals surface area contributed by atoms with Crippen molar-refractivity contribution in [1.82, 2.24) is 5.32 Å². The quantitative estimate of drug-likeness (QED) is 0.769. The van der Waals surface area contributed by atoms with Crippen molar-refractivity contribution in [3.63, 3.8) is 0 Å². The van der Waals surface area contributed by atoms with Gasteiger partial charge in [-0.05, 0) is 55.3 Å². The summed E-state index contributed by atoms with van der Waals surface area (Å²) in [5, 5.41) is 4.92. The van der Waals surface area contributed by atoms with E-state index < -0.39 is 0 Å². The van der Waals surface area contributed by atoms with Crippen LogP contribution in [0.25, 0.3) is 0 Å². The van der Waals surface area contributed by atoms with Crippen LogP contribution in [0.5, 0.6) is 0 Å². The van der Waals surface area contributed by atoms with Crippen LogP contribution in [0.3, 0.4) is 0 Å². The molecule has 1 aliphatic carbocycles. The van der Waals surface area contributed by atoms with E-state index in [2.05, 4.69) is 25.2 Å². The van der Waals surface area contributed by atoms with Crippen LogP contribution < -0.4 is 5.32 Å². The van der Waals surface area contributed by atoms with E-state index in [0.717, 1.165) is 24.8 Å². The molecular weight excluding hydrogens is 265 g/mol. The molecule has 1 aromatic carbocycles. The minimum absolute atomic E-state index is 0.376. The Morgan fingerprint density at radius 2 is 2.00 bits per heavy atom. The van der Waals surface area contributed by atoms with Gasteiger partial charge in [0.25, 0.3) is 0 Å². The van der Waals surface area contributed by atoms with Gasteiger partial charge in [-0.15, -0.1) is 0 Å². The van der Waals surface area contributed by atoms with Gasteiger partial charge in [-0.1, -0.05) is 43.1 Å². The Morgan fingerprint density at radius 1 is 1.28 bits per heavy atom. The molecule has 2 atom stereocenters. The Labute approximate surface area is 120 Å². The maximum absolute atomic E-state index is 6.08. The fraction of sp³-hybridized carbons (Fsp3) is 0.600. The van der Waals surface area contributed by atoms with Gasteiger partial charge in [-0.2, -0.15) is 0 Å². The summed E-state index contributed by atoms with van der Waals surface area (Å²) in [5.41, 5.74) is 1.23. The highest BCUT2D eigenvalue weighted by atomic mass is 35.5. The van der Waals surface area contributed by atoms with E-state index in [1.165, 1.54) is 18.4 Å². The Morgan fingerprint density at radius 3 is 2.56 bits per heavy atom. The molecule has 0 aliphatic heterocycles. The maximum atomic E-state index is 6.08. The van der Waals surface area contributed by atoms with E-state index in [4.69, 9.17) is 23.2 Å². The first kappa shape index (κ1) is 14.2. The lowest BCUT2D eigenvalue weighted by molar-refractivity contribution is 0.414.